The maximum absolute atomic E-state index is 12.9. The molecule has 4 rings (SSSR count). The fourth-order valence-electron chi connectivity index (χ4n) is 3.53. The minimum Gasteiger partial charge on any atom is -0.441 e. The van der Waals surface area contributed by atoms with Gasteiger partial charge in [-0.15, -0.1) is 24.8 Å². The number of hydrogen-bond acceptors (Lipinski definition) is 4. The van der Waals surface area contributed by atoms with Crippen molar-refractivity contribution < 1.29 is 9.21 Å². The van der Waals surface area contributed by atoms with Crippen molar-refractivity contribution in [2.24, 2.45) is 0 Å². The first-order valence-corrected chi connectivity index (χ1v) is 9.84. The second-order valence-corrected chi connectivity index (χ2v) is 7.28. The van der Waals surface area contributed by atoms with Crippen LogP contribution in [0.5, 0.6) is 0 Å². The third-order valence-electron chi connectivity index (χ3n) is 4.96. The van der Waals surface area contributed by atoms with Crippen LogP contribution in [0.3, 0.4) is 0 Å². The molecule has 1 fully saturated rings. The Morgan fingerprint density at radius 2 is 1.97 bits per heavy atom. The van der Waals surface area contributed by atoms with Gasteiger partial charge in [0.05, 0.1) is 12.2 Å². The van der Waals surface area contributed by atoms with Crippen LogP contribution < -0.4 is 5.32 Å². The van der Waals surface area contributed by atoms with Crippen LogP contribution in [0.2, 0.25) is 5.02 Å². The van der Waals surface area contributed by atoms with Gasteiger partial charge >= 0.3 is 0 Å². The van der Waals surface area contributed by atoms with E-state index in [0.29, 0.717) is 30.3 Å². The van der Waals surface area contributed by atoms with Crippen molar-refractivity contribution in [1.29, 1.82) is 0 Å². The fraction of sp³-hybridized carbons (Fsp3) is 0.273. The number of aromatic nitrogens is 1. The summed E-state index contributed by atoms with van der Waals surface area (Å²) in [5.41, 5.74) is 2.03. The van der Waals surface area contributed by atoms with Crippen LogP contribution in [0.4, 0.5) is 0 Å². The molecule has 160 valence electrons. The molecular weight excluding hydrogens is 445 g/mol. The quantitative estimate of drug-likeness (QED) is 0.576. The molecule has 1 amide bonds. The number of amides is 1. The zero-order valence-corrected chi connectivity index (χ0v) is 18.7. The zero-order valence-electron chi connectivity index (χ0n) is 16.3. The summed E-state index contributed by atoms with van der Waals surface area (Å²) in [6.45, 7) is 2.19. The minimum absolute atomic E-state index is 0. The molecule has 0 aliphatic carbocycles. The van der Waals surface area contributed by atoms with Crippen molar-refractivity contribution in [1.82, 2.24) is 15.2 Å². The van der Waals surface area contributed by atoms with E-state index in [2.05, 4.69) is 10.3 Å². The number of carbonyl (C=O) groups excluding carboxylic acids is 1. The molecule has 0 bridgehead atoms. The van der Waals surface area contributed by atoms with E-state index in [0.717, 1.165) is 30.0 Å². The third kappa shape index (κ3) is 5.76. The number of hydrogen-bond donors (Lipinski definition) is 1. The van der Waals surface area contributed by atoms with Crippen molar-refractivity contribution in [3.63, 3.8) is 0 Å². The highest BCUT2D eigenvalue weighted by Gasteiger charge is 2.28. The zero-order chi connectivity index (χ0) is 19.3. The third-order valence-corrected chi connectivity index (χ3v) is 5.20. The molecule has 0 saturated carbocycles. The highest BCUT2D eigenvalue weighted by Crippen LogP contribution is 2.26. The van der Waals surface area contributed by atoms with Crippen LogP contribution in [0.1, 0.15) is 23.9 Å². The van der Waals surface area contributed by atoms with E-state index in [-0.39, 0.29) is 36.8 Å². The standard InChI is InChI=1S/C22H22ClN3O2.2ClH/c23-18-8-4-7-17(13-18)19-14-24-11-12-26(19)22(27)10-9-21-25-15-20(28-21)16-5-2-1-3-6-16;;/h1-8,13,15,19,24H,9-12,14H2;2*1H. The van der Waals surface area contributed by atoms with Gasteiger partial charge in [-0.05, 0) is 17.7 Å². The van der Waals surface area contributed by atoms with Crippen molar-refractivity contribution in [2.75, 3.05) is 19.6 Å². The Morgan fingerprint density at radius 1 is 1.17 bits per heavy atom. The van der Waals surface area contributed by atoms with Crippen molar-refractivity contribution in [3.8, 4) is 11.3 Å². The molecule has 1 unspecified atom stereocenters. The Hall–Kier alpha value is -2.05. The van der Waals surface area contributed by atoms with Gasteiger partial charge in [0.25, 0.3) is 0 Å². The topological polar surface area (TPSA) is 58.4 Å². The number of benzene rings is 2. The summed E-state index contributed by atoms with van der Waals surface area (Å²) in [5.74, 6) is 1.41. The highest BCUT2D eigenvalue weighted by molar-refractivity contribution is 6.30. The average molecular weight is 469 g/mol. The lowest BCUT2D eigenvalue weighted by molar-refractivity contribution is -0.134. The lowest BCUT2D eigenvalue weighted by atomic mass is 10.0. The van der Waals surface area contributed by atoms with Gasteiger partial charge in [-0.3, -0.25) is 4.79 Å². The molecule has 1 N–H and O–H groups in total. The lowest BCUT2D eigenvalue weighted by Crippen LogP contribution is -2.48. The molecule has 0 spiro atoms. The summed E-state index contributed by atoms with van der Waals surface area (Å²) in [6.07, 6.45) is 2.57. The molecule has 1 aliphatic rings. The minimum atomic E-state index is -0.00982. The van der Waals surface area contributed by atoms with Crippen molar-refractivity contribution >= 4 is 42.3 Å². The van der Waals surface area contributed by atoms with E-state index in [1.54, 1.807) is 6.20 Å². The van der Waals surface area contributed by atoms with E-state index in [1.807, 2.05) is 59.5 Å². The predicted octanol–water partition coefficient (Wildman–Crippen LogP) is 4.94. The molecule has 5 nitrogen and oxygen atoms in total. The molecule has 2 heterocycles. The molecule has 1 aliphatic heterocycles. The number of halogens is 3. The van der Waals surface area contributed by atoms with E-state index in [4.69, 9.17) is 16.0 Å². The van der Waals surface area contributed by atoms with Crippen molar-refractivity contribution in [3.05, 3.63) is 77.3 Å². The maximum atomic E-state index is 12.9. The van der Waals surface area contributed by atoms with Gasteiger partial charge in [0.2, 0.25) is 5.91 Å². The summed E-state index contributed by atoms with van der Waals surface area (Å²) < 4.78 is 5.82. The Labute approximate surface area is 193 Å². The fourth-order valence-corrected chi connectivity index (χ4v) is 3.73. The molecule has 1 atom stereocenters. The molecule has 0 radical (unpaired) electrons. The van der Waals surface area contributed by atoms with Gasteiger partial charge in [0.15, 0.2) is 11.7 Å². The number of piperazine rings is 1. The molecule has 8 heteroatoms. The molecule has 1 aromatic heterocycles. The number of aryl methyl sites for hydroxylation is 1. The van der Waals surface area contributed by atoms with E-state index in [1.165, 1.54) is 0 Å². The van der Waals surface area contributed by atoms with E-state index in [9.17, 15) is 4.79 Å². The summed E-state index contributed by atoms with van der Waals surface area (Å²) in [7, 11) is 0. The van der Waals surface area contributed by atoms with Gasteiger partial charge in [0.1, 0.15) is 0 Å². The van der Waals surface area contributed by atoms with E-state index < -0.39 is 0 Å². The molecule has 30 heavy (non-hydrogen) atoms. The van der Waals surface area contributed by atoms with Crippen LogP contribution in [0, 0.1) is 0 Å². The van der Waals surface area contributed by atoms with Crippen LogP contribution in [-0.4, -0.2) is 35.4 Å². The Morgan fingerprint density at radius 3 is 2.73 bits per heavy atom. The Balaban J connectivity index is 0.00000160. The van der Waals surface area contributed by atoms with Gasteiger partial charge < -0.3 is 14.6 Å². The summed E-state index contributed by atoms with van der Waals surface area (Å²) in [4.78, 5) is 19.2. The smallest absolute Gasteiger partial charge is 0.223 e. The van der Waals surface area contributed by atoms with E-state index >= 15 is 0 Å². The second kappa shape index (κ2) is 11.4. The summed E-state index contributed by atoms with van der Waals surface area (Å²) in [6, 6.07) is 17.5. The number of nitrogens with zero attached hydrogens (tertiary/aromatic N) is 2. The monoisotopic (exact) mass is 467 g/mol. The SMILES string of the molecule is Cl.Cl.O=C(CCc1ncc(-c2ccccc2)o1)N1CCNCC1c1cccc(Cl)c1. The largest absolute Gasteiger partial charge is 0.441 e. The number of rotatable bonds is 5. The highest BCUT2D eigenvalue weighted by atomic mass is 35.5. The number of carbonyl (C=O) groups is 1. The van der Waals surface area contributed by atoms with Gasteiger partial charge in [0, 0.05) is 43.1 Å². The summed E-state index contributed by atoms with van der Waals surface area (Å²) in [5, 5.41) is 4.05. The van der Waals surface area contributed by atoms with Crippen LogP contribution in [-0.2, 0) is 11.2 Å². The predicted molar refractivity (Wildman–Crippen MR) is 124 cm³/mol. The van der Waals surface area contributed by atoms with Crippen molar-refractivity contribution in [2.45, 2.75) is 18.9 Å². The summed E-state index contributed by atoms with van der Waals surface area (Å²) >= 11 is 6.14. The van der Waals surface area contributed by atoms with Gasteiger partial charge in [-0.25, -0.2) is 4.98 Å². The molecule has 1 saturated heterocycles. The Kier molecular flexibility index (Phi) is 9.18. The number of nitrogens with one attached hydrogen (secondary N) is 1. The van der Waals surface area contributed by atoms with Crippen LogP contribution in [0.25, 0.3) is 11.3 Å². The van der Waals surface area contributed by atoms with Crippen LogP contribution >= 0.6 is 36.4 Å². The average Bonchev–Trinajstić information content (AvgIpc) is 3.22. The van der Waals surface area contributed by atoms with Gasteiger partial charge in [-0.2, -0.15) is 0 Å². The molecular formula is C22H24Cl3N3O2. The first kappa shape index (κ1) is 24.2. The lowest BCUT2D eigenvalue weighted by Gasteiger charge is -2.36. The second-order valence-electron chi connectivity index (χ2n) is 6.85. The Bertz CT molecular complexity index is 950. The normalized spacial score (nSPS) is 15.8. The van der Waals surface area contributed by atoms with Crippen LogP contribution in [0.15, 0.2) is 65.2 Å². The first-order valence-electron chi connectivity index (χ1n) is 9.46. The molecule has 2 aromatic carbocycles. The molecule has 3 aromatic rings. The van der Waals surface area contributed by atoms with Gasteiger partial charge in [-0.1, -0.05) is 54.1 Å². The maximum Gasteiger partial charge on any atom is 0.223 e. The first-order chi connectivity index (χ1) is 13.7. The number of oxazole rings is 1.